The zero-order chi connectivity index (χ0) is 15.5. The lowest BCUT2D eigenvalue weighted by molar-refractivity contribution is -0.129. The second kappa shape index (κ2) is 6.63. The standard InChI is InChI=1S/C18H22N2OS/c1-19-12-15-7-4-3-6-14(15)10-16(19)13-20(2)18(21)11-17-8-5-9-22-17/h3-9,16H,10-13H2,1-2H3/t16-/m0/s1. The van der Waals surface area contributed by atoms with Gasteiger partial charge in [-0.25, -0.2) is 0 Å². The van der Waals surface area contributed by atoms with Gasteiger partial charge in [-0.15, -0.1) is 11.3 Å². The molecule has 1 aliphatic heterocycles. The summed E-state index contributed by atoms with van der Waals surface area (Å²) in [5.74, 6) is 0.203. The smallest absolute Gasteiger partial charge is 0.227 e. The quantitative estimate of drug-likeness (QED) is 0.866. The van der Waals surface area contributed by atoms with Crippen LogP contribution in [0.1, 0.15) is 16.0 Å². The van der Waals surface area contributed by atoms with Gasteiger partial charge in [0.15, 0.2) is 0 Å². The number of hydrogen-bond acceptors (Lipinski definition) is 3. The molecule has 1 aromatic heterocycles. The van der Waals surface area contributed by atoms with Gasteiger partial charge < -0.3 is 4.90 Å². The average molecular weight is 314 g/mol. The van der Waals surface area contributed by atoms with E-state index in [1.807, 2.05) is 29.5 Å². The van der Waals surface area contributed by atoms with Gasteiger partial charge in [0.2, 0.25) is 5.91 Å². The van der Waals surface area contributed by atoms with Crippen LogP contribution in [0.25, 0.3) is 0 Å². The van der Waals surface area contributed by atoms with E-state index in [9.17, 15) is 4.79 Å². The van der Waals surface area contributed by atoms with Gasteiger partial charge in [0.05, 0.1) is 6.42 Å². The van der Waals surface area contributed by atoms with Crippen LogP contribution in [0.3, 0.4) is 0 Å². The Kier molecular flexibility index (Phi) is 4.60. The van der Waals surface area contributed by atoms with E-state index in [0.717, 1.165) is 24.4 Å². The minimum absolute atomic E-state index is 0.203. The molecule has 0 spiro atoms. The first-order chi connectivity index (χ1) is 10.6. The second-order valence-electron chi connectivity index (χ2n) is 6.07. The maximum atomic E-state index is 12.4. The maximum absolute atomic E-state index is 12.4. The van der Waals surface area contributed by atoms with Crippen molar-refractivity contribution in [3.8, 4) is 0 Å². The predicted octanol–water partition coefficient (Wildman–Crippen LogP) is 2.81. The first kappa shape index (κ1) is 15.3. The van der Waals surface area contributed by atoms with Crippen molar-refractivity contribution >= 4 is 17.2 Å². The van der Waals surface area contributed by atoms with E-state index >= 15 is 0 Å². The fraction of sp³-hybridized carbons (Fsp3) is 0.389. The van der Waals surface area contributed by atoms with Gasteiger partial charge in [0.25, 0.3) is 0 Å². The molecule has 116 valence electrons. The van der Waals surface area contributed by atoms with Crippen molar-refractivity contribution in [1.82, 2.24) is 9.80 Å². The Labute approximate surface area is 136 Å². The van der Waals surface area contributed by atoms with Crippen molar-refractivity contribution < 1.29 is 4.79 Å². The summed E-state index contributed by atoms with van der Waals surface area (Å²) in [5.41, 5.74) is 2.83. The number of hydrogen-bond donors (Lipinski definition) is 0. The zero-order valence-electron chi connectivity index (χ0n) is 13.2. The molecule has 0 radical (unpaired) electrons. The second-order valence-corrected chi connectivity index (χ2v) is 7.10. The summed E-state index contributed by atoms with van der Waals surface area (Å²) in [5, 5.41) is 2.02. The minimum atomic E-state index is 0.203. The van der Waals surface area contributed by atoms with Gasteiger partial charge in [-0.1, -0.05) is 30.3 Å². The first-order valence-corrected chi connectivity index (χ1v) is 8.55. The summed E-state index contributed by atoms with van der Waals surface area (Å²) in [6, 6.07) is 13.0. The van der Waals surface area contributed by atoms with Crippen molar-refractivity contribution in [3.05, 3.63) is 57.8 Å². The number of benzene rings is 1. The molecule has 22 heavy (non-hydrogen) atoms. The van der Waals surface area contributed by atoms with Gasteiger partial charge in [-0.3, -0.25) is 9.69 Å². The van der Waals surface area contributed by atoms with Gasteiger partial charge >= 0.3 is 0 Å². The number of thiophene rings is 1. The molecular formula is C18H22N2OS. The summed E-state index contributed by atoms with van der Waals surface area (Å²) in [6.45, 7) is 1.75. The van der Waals surface area contributed by atoms with Crippen molar-refractivity contribution in [1.29, 1.82) is 0 Å². The fourth-order valence-corrected chi connectivity index (χ4v) is 3.73. The van der Waals surface area contributed by atoms with E-state index < -0.39 is 0 Å². The third-order valence-electron chi connectivity index (χ3n) is 4.43. The number of likely N-dealkylation sites (N-methyl/N-ethyl adjacent to an activating group) is 2. The Balaban J connectivity index is 1.61. The Hall–Kier alpha value is -1.65. The molecule has 2 aromatic rings. The Morgan fingerprint density at radius 2 is 2.05 bits per heavy atom. The topological polar surface area (TPSA) is 23.6 Å². The maximum Gasteiger partial charge on any atom is 0.227 e. The van der Waals surface area contributed by atoms with E-state index in [2.05, 4.69) is 36.2 Å². The number of nitrogens with zero attached hydrogens (tertiary/aromatic N) is 2. The lowest BCUT2D eigenvalue weighted by atomic mass is 9.94. The van der Waals surface area contributed by atoms with Gasteiger partial charge in [-0.05, 0) is 36.0 Å². The molecule has 1 amide bonds. The fourth-order valence-electron chi connectivity index (χ4n) is 3.04. The molecule has 3 rings (SSSR count). The summed E-state index contributed by atoms with van der Waals surface area (Å²) >= 11 is 1.65. The van der Waals surface area contributed by atoms with Crippen molar-refractivity contribution in [2.75, 3.05) is 20.6 Å². The molecule has 0 saturated carbocycles. The van der Waals surface area contributed by atoms with Gasteiger partial charge in [0, 0.05) is 31.1 Å². The number of carbonyl (C=O) groups is 1. The first-order valence-electron chi connectivity index (χ1n) is 7.67. The number of carbonyl (C=O) groups excluding carboxylic acids is 1. The molecule has 0 fully saturated rings. The summed E-state index contributed by atoms with van der Waals surface area (Å²) in [7, 11) is 4.07. The molecule has 1 aliphatic rings. The normalized spacial score (nSPS) is 18.0. The molecule has 1 atom stereocenters. The molecule has 0 bridgehead atoms. The Morgan fingerprint density at radius 1 is 1.27 bits per heavy atom. The lowest BCUT2D eigenvalue weighted by Gasteiger charge is -2.36. The highest BCUT2D eigenvalue weighted by molar-refractivity contribution is 7.10. The largest absolute Gasteiger partial charge is 0.344 e. The molecule has 0 saturated heterocycles. The van der Waals surface area contributed by atoms with Gasteiger partial charge in [0.1, 0.15) is 0 Å². The van der Waals surface area contributed by atoms with Crippen LogP contribution in [0.15, 0.2) is 41.8 Å². The molecule has 4 heteroatoms. The van der Waals surface area contributed by atoms with Crippen molar-refractivity contribution in [3.63, 3.8) is 0 Å². The van der Waals surface area contributed by atoms with Crippen molar-refractivity contribution in [2.24, 2.45) is 0 Å². The molecule has 1 aromatic carbocycles. The highest BCUT2D eigenvalue weighted by atomic mass is 32.1. The van der Waals surface area contributed by atoms with E-state index in [-0.39, 0.29) is 5.91 Å². The minimum Gasteiger partial charge on any atom is -0.344 e. The van der Waals surface area contributed by atoms with Crippen LogP contribution in [0, 0.1) is 0 Å². The molecule has 3 nitrogen and oxygen atoms in total. The third-order valence-corrected chi connectivity index (χ3v) is 5.31. The monoisotopic (exact) mass is 314 g/mol. The summed E-state index contributed by atoms with van der Waals surface area (Å²) in [4.78, 5) is 17.7. The lowest BCUT2D eigenvalue weighted by Crippen LogP contribution is -2.46. The molecule has 0 unspecified atom stereocenters. The Morgan fingerprint density at radius 3 is 2.77 bits per heavy atom. The van der Waals surface area contributed by atoms with Crippen LogP contribution in [0.5, 0.6) is 0 Å². The molecule has 2 heterocycles. The summed E-state index contributed by atoms with van der Waals surface area (Å²) < 4.78 is 0. The van der Waals surface area contributed by atoms with Crippen LogP contribution in [0.4, 0.5) is 0 Å². The highest BCUT2D eigenvalue weighted by Crippen LogP contribution is 2.22. The number of amides is 1. The van der Waals surface area contributed by atoms with E-state index in [1.54, 1.807) is 11.3 Å². The van der Waals surface area contributed by atoms with E-state index in [1.165, 1.54) is 11.1 Å². The van der Waals surface area contributed by atoms with Crippen molar-refractivity contribution in [2.45, 2.75) is 25.4 Å². The van der Waals surface area contributed by atoms with E-state index in [0.29, 0.717) is 12.5 Å². The summed E-state index contributed by atoms with van der Waals surface area (Å²) in [6.07, 6.45) is 1.53. The molecule has 0 N–H and O–H groups in total. The Bertz CT molecular complexity index is 638. The van der Waals surface area contributed by atoms with E-state index in [4.69, 9.17) is 0 Å². The van der Waals surface area contributed by atoms with Crippen LogP contribution < -0.4 is 0 Å². The van der Waals surface area contributed by atoms with Gasteiger partial charge in [-0.2, -0.15) is 0 Å². The predicted molar refractivity (Wildman–Crippen MR) is 91.1 cm³/mol. The SMILES string of the molecule is CN(C[C@@H]1Cc2ccccc2CN1C)C(=O)Cc1cccs1. The zero-order valence-corrected chi connectivity index (χ0v) is 14.0. The molecule has 0 aliphatic carbocycles. The number of rotatable bonds is 4. The molecular weight excluding hydrogens is 292 g/mol. The van der Waals surface area contributed by atoms with Crippen LogP contribution in [-0.4, -0.2) is 42.4 Å². The third kappa shape index (κ3) is 3.39. The highest BCUT2D eigenvalue weighted by Gasteiger charge is 2.25. The average Bonchev–Trinajstić information content (AvgIpc) is 3.00. The van der Waals surface area contributed by atoms with Crippen LogP contribution in [0.2, 0.25) is 0 Å². The number of fused-ring (bicyclic) bond motifs is 1. The van der Waals surface area contributed by atoms with Crippen LogP contribution in [-0.2, 0) is 24.2 Å². The van der Waals surface area contributed by atoms with Crippen LogP contribution >= 0.6 is 11.3 Å².